The molecule has 0 aromatic heterocycles. The average molecular weight is 434 g/mol. The topological polar surface area (TPSA) is 0 Å². The first-order valence-electron chi connectivity index (χ1n) is 8.98. The number of hydrogen-bond donors (Lipinski definition) is 0. The Morgan fingerprint density at radius 2 is 0.600 bits per heavy atom. The van der Waals surface area contributed by atoms with E-state index >= 15 is 0 Å². The van der Waals surface area contributed by atoms with Crippen molar-refractivity contribution in [2.45, 2.75) is 41.5 Å². The quantitative estimate of drug-likeness (QED) is 0.546. The molecule has 0 unspecified atom stereocenters. The zero-order valence-corrected chi connectivity index (χ0v) is 19.1. The van der Waals surface area contributed by atoms with Crippen LogP contribution in [0.2, 0.25) is 0 Å². The molecule has 1 radical (unpaired) electrons. The van der Waals surface area contributed by atoms with Crippen molar-refractivity contribution in [3.05, 3.63) is 88.0 Å². The van der Waals surface area contributed by atoms with Crippen molar-refractivity contribution in [2.75, 3.05) is 0 Å². The molecule has 0 saturated carbocycles. The number of aryl methyl sites for hydroxylation is 6. The van der Waals surface area contributed by atoms with Crippen molar-refractivity contribution >= 4 is 30.5 Å². The fourth-order valence-corrected chi connectivity index (χ4v) is 14.3. The molecule has 0 nitrogen and oxygen atoms in total. The van der Waals surface area contributed by atoms with E-state index in [1.54, 1.807) is 10.7 Å². The van der Waals surface area contributed by atoms with Crippen molar-refractivity contribution in [3.63, 3.8) is 0 Å². The van der Waals surface area contributed by atoms with Gasteiger partial charge in [-0.2, -0.15) is 0 Å². The van der Waals surface area contributed by atoms with Gasteiger partial charge in [-0.15, -0.1) is 0 Å². The van der Waals surface area contributed by atoms with Crippen LogP contribution in [0.5, 0.6) is 0 Å². The predicted octanol–water partition coefficient (Wildman–Crippen LogP) is 4.05. The molecule has 127 valence electrons. The van der Waals surface area contributed by atoms with E-state index in [2.05, 4.69) is 96.1 Å². The molecule has 3 aromatic carbocycles. The molecule has 0 amide bonds. The summed E-state index contributed by atoms with van der Waals surface area (Å²) in [4.78, 5) is 0. The number of benzene rings is 3. The van der Waals surface area contributed by atoms with Gasteiger partial charge in [-0.25, -0.2) is 0 Å². The monoisotopic (exact) mass is 435 g/mol. The van der Waals surface area contributed by atoms with E-state index in [1.165, 1.54) is 33.4 Å². The third kappa shape index (κ3) is 3.42. The second-order valence-corrected chi connectivity index (χ2v) is 13.6. The Hall–Kier alpha value is -1.54. The van der Waals surface area contributed by atoms with Gasteiger partial charge in [0.25, 0.3) is 0 Å². The molecular formula is C24H27Sn. The van der Waals surface area contributed by atoms with Gasteiger partial charge >= 0.3 is 160 Å². The van der Waals surface area contributed by atoms with Crippen molar-refractivity contribution in [1.82, 2.24) is 0 Å². The Bertz CT molecular complexity index is 738. The zero-order valence-electron chi connectivity index (χ0n) is 16.2. The van der Waals surface area contributed by atoms with E-state index in [4.69, 9.17) is 0 Å². The summed E-state index contributed by atoms with van der Waals surface area (Å²) in [6.07, 6.45) is 0. The first-order valence-corrected chi connectivity index (χ1v) is 13.3. The summed E-state index contributed by atoms with van der Waals surface area (Å²) in [7, 11) is 0. The summed E-state index contributed by atoms with van der Waals surface area (Å²) in [5.74, 6) is 0. The van der Waals surface area contributed by atoms with Gasteiger partial charge in [0.1, 0.15) is 0 Å². The van der Waals surface area contributed by atoms with E-state index < -0.39 is 19.8 Å². The first kappa shape index (κ1) is 18.3. The summed E-state index contributed by atoms with van der Waals surface area (Å²) in [6, 6.07) is 20.4. The Labute approximate surface area is 159 Å². The maximum absolute atomic E-state index is 2.30. The van der Waals surface area contributed by atoms with Gasteiger partial charge < -0.3 is 0 Å². The SMILES string of the molecule is Cc1cccc(C)[c]1[Sn]([c]1c(C)cccc1C)[c]1c(C)cccc1C. The molecule has 3 rings (SSSR count). The summed E-state index contributed by atoms with van der Waals surface area (Å²) in [5.41, 5.74) is 8.75. The molecule has 0 aliphatic heterocycles. The van der Waals surface area contributed by atoms with Crippen LogP contribution in [-0.4, -0.2) is 19.8 Å². The van der Waals surface area contributed by atoms with E-state index in [1.807, 2.05) is 0 Å². The summed E-state index contributed by atoms with van der Waals surface area (Å²) in [6.45, 7) is 13.8. The number of rotatable bonds is 3. The molecule has 0 bridgehead atoms. The van der Waals surface area contributed by atoms with Gasteiger partial charge in [-0.3, -0.25) is 0 Å². The van der Waals surface area contributed by atoms with Crippen molar-refractivity contribution in [2.24, 2.45) is 0 Å². The van der Waals surface area contributed by atoms with Gasteiger partial charge in [-0.1, -0.05) is 0 Å². The van der Waals surface area contributed by atoms with Gasteiger partial charge in [0.15, 0.2) is 0 Å². The molecule has 0 spiro atoms. The third-order valence-corrected chi connectivity index (χ3v) is 16.2. The minimum atomic E-state index is -2.30. The van der Waals surface area contributed by atoms with Crippen LogP contribution < -0.4 is 10.7 Å². The molecule has 0 aliphatic carbocycles. The zero-order chi connectivity index (χ0) is 18.1. The predicted molar refractivity (Wildman–Crippen MR) is 112 cm³/mol. The van der Waals surface area contributed by atoms with E-state index in [0.717, 1.165) is 0 Å². The first-order chi connectivity index (χ1) is 11.9. The normalized spacial score (nSPS) is 11.2. The Kier molecular flexibility index (Phi) is 5.38. The molecule has 0 heterocycles. The minimum absolute atomic E-state index is 1.46. The van der Waals surface area contributed by atoms with Crippen molar-refractivity contribution in [1.29, 1.82) is 0 Å². The molecule has 3 aromatic rings. The second-order valence-electron chi connectivity index (χ2n) is 7.18. The summed E-state index contributed by atoms with van der Waals surface area (Å²) < 4.78 is 4.96. The van der Waals surface area contributed by atoms with Gasteiger partial charge in [-0.05, 0) is 0 Å². The molecular weight excluding hydrogens is 407 g/mol. The molecule has 0 fully saturated rings. The van der Waals surface area contributed by atoms with E-state index in [0.29, 0.717) is 0 Å². The Balaban J connectivity index is 2.42. The fourth-order valence-electron chi connectivity index (χ4n) is 4.00. The standard InChI is InChI=1S/3C8H9.Sn/c3*1-7-4-3-5-8(2)6-7;/h3*3-5H,1-2H3;. The van der Waals surface area contributed by atoms with Gasteiger partial charge in [0.2, 0.25) is 0 Å². The van der Waals surface area contributed by atoms with Gasteiger partial charge in [0.05, 0.1) is 0 Å². The third-order valence-electron chi connectivity index (χ3n) is 5.19. The molecule has 25 heavy (non-hydrogen) atoms. The van der Waals surface area contributed by atoms with Crippen LogP contribution in [0.15, 0.2) is 54.6 Å². The maximum atomic E-state index is 2.30. The van der Waals surface area contributed by atoms with E-state index in [9.17, 15) is 0 Å². The van der Waals surface area contributed by atoms with E-state index in [-0.39, 0.29) is 0 Å². The van der Waals surface area contributed by atoms with Gasteiger partial charge in [0, 0.05) is 0 Å². The molecule has 1 heteroatoms. The van der Waals surface area contributed by atoms with Crippen LogP contribution in [0.1, 0.15) is 33.4 Å². The fraction of sp³-hybridized carbons (Fsp3) is 0.250. The van der Waals surface area contributed by atoms with Crippen LogP contribution in [0.25, 0.3) is 0 Å². The van der Waals surface area contributed by atoms with Crippen LogP contribution >= 0.6 is 0 Å². The molecule has 0 aliphatic rings. The second kappa shape index (κ2) is 7.37. The molecule has 0 atom stereocenters. The summed E-state index contributed by atoms with van der Waals surface area (Å²) in [5, 5.41) is 0. The van der Waals surface area contributed by atoms with Crippen LogP contribution in [-0.2, 0) is 0 Å². The molecule has 0 N–H and O–H groups in total. The van der Waals surface area contributed by atoms with Crippen LogP contribution in [0, 0.1) is 41.5 Å². The van der Waals surface area contributed by atoms with Crippen LogP contribution in [0.3, 0.4) is 0 Å². The van der Waals surface area contributed by atoms with Crippen molar-refractivity contribution in [3.8, 4) is 0 Å². The average Bonchev–Trinajstić information content (AvgIpc) is 2.53. The van der Waals surface area contributed by atoms with Crippen molar-refractivity contribution < 1.29 is 0 Å². The van der Waals surface area contributed by atoms with Crippen LogP contribution in [0.4, 0.5) is 0 Å². The number of hydrogen-bond acceptors (Lipinski definition) is 0. The molecule has 0 saturated heterocycles. The Morgan fingerprint density at radius 1 is 0.400 bits per heavy atom. The Morgan fingerprint density at radius 3 is 0.800 bits per heavy atom. The summed E-state index contributed by atoms with van der Waals surface area (Å²) >= 11 is -2.30.